The van der Waals surface area contributed by atoms with E-state index in [1.165, 1.54) is 0 Å². The van der Waals surface area contributed by atoms with E-state index in [0.29, 0.717) is 0 Å². The molecule has 2 nitrogen and oxygen atoms in total. The van der Waals surface area contributed by atoms with Crippen molar-refractivity contribution in [2.24, 2.45) is 0 Å². The molecule has 0 N–H and O–H groups in total. The maximum Gasteiger partial charge on any atom is 0.417 e. The first-order valence-corrected chi connectivity index (χ1v) is 1.93. The molecule has 0 aliphatic heterocycles. The van der Waals surface area contributed by atoms with Crippen molar-refractivity contribution in [2.45, 2.75) is 6.92 Å². The van der Waals surface area contributed by atoms with Crippen molar-refractivity contribution in [3.63, 3.8) is 0 Å². The molecule has 0 spiro atoms. The van der Waals surface area contributed by atoms with Crippen molar-refractivity contribution in [3.05, 3.63) is 0 Å². The monoisotopic (exact) mass is 118 g/mol. The number of rotatable bonds is 0. The van der Waals surface area contributed by atoms with Gasteiger partial charge in [0.2, 0.25) is 0 Å². The van der Waals surface area contributed by atoms with Crippen molar-refractivity contribution in [3.8, 4) is 12.0 Å². The zero-order valence-corrected chi connectivity index (χ0v) is 4.45. The molecular weight excluding hydrogens is 115 g/mol. The fourth-order valence-electron chi connectivity index (χ4n) is 0.0912. The minimum atomic E-state index is -0.894. The minimum Gasteiger partial charge on any atom is -0.360 e. The van der Waals surface area contributed by atoms with E-state index in [1.807, 2.05) is 6.11 Å². The Kier molecular flexibility index (Phi) is 3.17. The van der Waals surface area contributed by atoms with E-state index in [1.54, 1.807) is 6.92 Å². The van der Waals surface area contributed by atoms with Crippen LogP contribution in [-0.4, -0.2) is 5.43 Å². The lowest BCUT2D eigenvalue weighted by Gasteiger charge is -1.76. The van der Waals surface area contributed by atoms with Gasteiger partial charge in [-0.2, -0.15) is 0 Å². The van der Waals surface area contributed by atoms with Crippen molar-refractivity contribution in [1.29, 1.82) is 0 Å². The summed E-state index contributed by atoms with van der Waals surface area (Å²) in [6.07, 6.45) is 2.02. The molecular formula is C4H3ClO2. The van der Waals surface area contributed by atoms with Gasteiger partial charge in [-0.05, 0) is 0 Å². The summed E-state index contributed by atoms with van der Waals surface area (Å²) in [6, 6.07) is 0. The molecule has 38 valence electrons. The fourth-order valence-corrected chi connectivity index (χ4v) is 0.130. The quantitative estimate of drug-likeness (QED) is 0.355. The summed E-state index contributed by atoms with van der Waals surface area (Å²) >= 11 is 4.69. The maximum atomic E-state index is 9.64. The van der Waals surface area contributed by atoms with Gasteiger partial charge in [-0.3, -0.25) is 0 Å². The van der Waals surface area contributed by atoms with Crippen LogP contribution in [0.15, 0.2) is 0 Å². The summed E-state index contributed by atoms with van der Waals surface area (Å²) in [5, 5.41) is 0. The molecule has 0 aromatic rings. The first kappa shape index (κ1) is 6.32. The van der Waals surface area contributed by atoms with Crippen LogP contribution in [0, 0.1) is 12.0 Å². The SMILES string of the molecule is CC#COC(=O)Cl. The van der Waals surface area contributed by atoms with E-state index in [9.17, 15) is 4.79 Å². The predicted octanol–water partition coefficient (Wildman–Crippen LogP) is 1.34. The number of carbonyl (C=O) groups excluding carboxylic acids is 1. The maximum absolute atomic E-state index is 9.64. The van der Waals surface area contributed by atoms with Gasteiger partial charge in [-0.15, -0.1) is 0 Å². The number of halogens is 1. The van der Waals surface area contributed by atoms with Crippen LogP contribution in [0.3, 0.4) is 0 Å². The molecule has 0 aromatic heterocycles. The predicted molar refractivity (Wildman–Crippen MR) is 25.8 cm³/mol. The summed E-state index contributed by atoms with van der Waals surface area (Å²) in [7, 11) is 0. The Morgan fingerprint density at radius 2 is 2.43 bits per heavy atom. The fraction of sp³-hybridized carbons (Fsp3) is 0.250. The Bertz CT molecular complexity index is 119. The molecule has 7 heavy (non-hydrogen) atoms. The molecule has 0 atom stereocenters. The Hall–Kier alpha value is -0.680. The van der Waals surface area contributed by atoms with Gasteiger partial charge in [-0.25, -0.2) is 4.79 Å². The molecule has 0 rings (SSSR count). The summed E-state index contributed by atoms with van der Waals surface area (Å²) < 4.78 is 3.96. The first-order valence-electron chi connectivity index (χ1n) is 1.55. The van der Waals surface area contributed by atoms with Gasteiger partial charge in [0.1, 0.15) is 6.11 Å². The van der Waals surface area contributed by atoms with Gasteiger partial charge in [0.05, 0.1) is 0 Å². The normalized spacial score (nSPS) is 6.00. The second-order valence-corrected chi connectivity index (χ2v) is 1.00. The lowest BCUT2D eigenvalue weighted by atomic mass is 10.8. The lowest BCUT2D eigenvalue weighted by Crippen LogP contribution is -1.81. The summed E-state index contributed by atoms with van der Waals surface area (Å²) in [5.74, 6) is 2.32. The second kappa shape index (κ2) is 3.51. The van der Waals surface area contributed by atoms with Crippen LogP contribution in [0.2, 0.25) is 0 Å². The molecule has 3 heteroatoms. The third kappa shape index (κ3) is 5.32. The van der Waals surface area contributed by atoms with E-state index in [2.05, 4.69) is 10.7 Å². The van der Waals surface area contributed by atoms with Crippen molar-refractivity contribution in [2.75, 3.05) is 0 Å². The molecule has 0 bridgehead atoms. The number of ether oxygens (including phenoxy) is 1. The van der Waals surface area contributed by atoms with Gasteiger partial charge in [0.15, 0.2) is 0 Å². The van der Waals surface area contributed by atoms with Crippen LogP contribution in [-0.2, 0) is 4.74 Å². The molecule has 0 unspecified atom stereocenters. The van der Waals surface area contributed by atoms with Crippen LogP contribution in [0.4, 0.5) is 4.79 Å². The Balaban J connectivity index is 3.26. The van der Waals surface area contributed by atoms with E-state index in [-0.39, 0.29) is 0 Å². The zero-order chi connectivity index (χ0) is 5.70. The van der Waals surface area contributed by atoms with Crippen LogP contribution < -0.4 is 0 Å². The third-order valence-electron chi connectivity index (χ3n) is 0.233. The second-order valence-electron chi connectivity index (χ2n) is 0.692. The largest absolute Gasteiger partial charge is 0.417 e. The highest BCUT2D eigenvalue weighted by Gasteiger charge is 1.85. The van der Waals surface area contributed by atoms with E-state index in [0.717, 1.165) is 0 Å². The van der Waals surface area contributed by atoms with Crippen molar-refractivity contribution >= 4 is 17.0 Å². The van der Waals surface area contributed by atoms with Crippen molar-refractivity contribution in [1.82, 2.24) is 0 Å². The number of hydrogen-bond donors (Lipinski definition) is 0. The molecule has 0 amide bonds. The smallest absolute Gasteiger partial charge is 0.360 e. The van der Waals surface area contributed by atoms with Crippen LogP contribution >= 0.6 is 11.6 Å². The molecule has 0 aromatic carbocycles. The van der Waals surface area contributed by atoms with E-state index >= 15 is 0 Å². The third-order valence-corrected chi connectivity index (χ3v) is 0.310. The highest BCUT2D eigenvalue weighted by Crippen LogP contribution is 1.81. The first-order chi connectivity index (χ1) is 3.27. The van der Waals surface area contributed by atoms with Gasteiger partial charge >= 0.3 is 5.43 Å². The summed E-state index contributed by atoms with van der Waals surface area (Å²) in [5.41, 5.74) is -0.894. The molecule has 0 heterocycles. The number of hydrogen-bond acceptors (Lipinski definition) is 2. The lowest BCUT2D eigenvalue weighted by molar-refractivity contribution is 0.218. The van der Waals surface area contributed by atoms with E-state index in [4.69, 9.17) is 11.6 Å². The summed E-state index contributed by atoms with van der Waals surface area (Å²) in [4.78, 5) is 9.64. The Morgan fingerprint density at radius 3 is 2.57 bits per heavy atom. The molecule has 0 radical (unpaired) electrons. The molecule has 0 aliphatic rings. The Morgan fingerprint density at radius 1 is 1.86 bits per heavy atom. The van der Waals surface area contributed by atoms with Crippen molar-refractivity contribution < 1.29 is 9.53 Å². The number of carbonyl (C=O) groups is 1. The minimum absolute atomic E-state index is 0.894. The highest BCUT2D eigenvalue weighted by molar-refractivity contribution is 6.61. The molecule has 0 saturated carbocycles. The topological polar surface area (TPSA) is 26.3 Å². The average molecular weight is 119 g/mol. The molecule has 0 fully saturated rings. The van der Waals surface area contributed by atoms with Crippen LogP contribution in [0.1, 0.15) is 6.92 Å². The Labute approximate surface area is 46.4 Å². The van der Waals surface area contributed by atoms with Gasteiger partial charge < -0.3 is 4.74 Å². The average Bonchev–Trinajstić information content (AvgIpc) is 1.61. The van der Waals surface area contributed by atoms with Crippen LogP contribution in [0.5, 0.6) is 0 Å². The van der Waals surface area contributed by atoms with Gasteiger partial charge in [0, 0.05) is 18.5 Å². The van der Waals surface area contributed by atoms with Gasteiger partial charge in [-0.1, -0.05) is 5.92 Å². The van der Waals surface area contributed by atoms with E-state index < -0.39 is 5.43 Å². The highest BCUT2D eigenvalue weighted by atomic mass is 35.5. The summed E-state index contributed by atoms with van der Waals surface area (Å²) in [6.45, 7) is 1.54. The standard InChI is InChI=1S/C4H3ClO2/c1-2-3-7-4(5)6/h1H3. The van der Waals surface area contributed by atoms with Gasteiger partial charge in [0.25, 0.3) is 0 Å². The zero-order valence-electron chi connectivity index (χ0n) is 3.69. The molecule has 0 saturated heterocycles. The van der Waals surface area contributed by atoms with Crippen LogP contribution in [0.25, 0.3) is 0 Å². The molecule has 0 aliphatic carbocycles.